The fraction of sp³-hybridized carbons (Fsp3) is 0.737. The highest BCUT2D eigenvalue weighted by Gasteiger charge is 2.21. The Morgan fingerprint density at radius 1 is 1.35 bits per heavy atom. The van der Waals surface area contributed by atoms with Crippen molar-refractivity contribution in [3.05, 3.63) is 22.4 Å². The summed E-state index contributed by atoms with van der Waals surface area (Å²) in [5.41, 5.74) is 0. The smallest absolute Gasteiger partial charge is 0.191 e. The Kier molecular flexibility index (Phi) is 11.7. The van der Waals surface area contributed by atoms with Crippen LogP contribution in [0.25, 0.3) is 0 Å². The van der Waals surface area contributed by atoms with Crippen LogP contribution in [0.1, 0.15) is 44.9 Å². The Morgan fingerprint density at radius 3 is 2.69 bits per heavy atom. The third-order valence-electron chi connectivity index (χ3n) is 4.34. The molecule has 1 aliphatic heterocycles. The average molecular weight is 494 g/mol. The molecule has 1 aliphatic rings. The van der Waals surface area contributed by atoms with Crippen LogP contribution in [0.15, 0.2) is 22.5 Å². The number of nitrogens with one attached hydrogen (secondary N) is 2. The molecule has 1 aromatic rings. The number of hydrogen-bond donors (Lipinski definition) is 2. The maximum Gasteiger partial charge on any atom is 0.191 e. The van der Waals surface area contributed by atoms with Gasteiger partial charge in [0.2, 0.25) is 0 Å². The van der Waals surface area contributed by atoms with Gasteiger partial charge < -0.3 is 15.4 Å². The van der Waals surface area contributed by atoms with Crippen molar-refractivity contribution in [2.75, 3.05) is 39.3 Å². The summed E-state index contributed by atoms with van der Waals surface area (Å²) in [6.07, 6.45) is 1.80. The number of rotatable bonds is 8. The van der Waals surface area contributed by atoms with Gasteiger partial charge in [-0.2, -0.15) is 0 Å². The second-order valence-electron chi connectivity index (χ2n) is 6.93. The van der Waals surface area contributed by atoms with Gasteiger partial charge in [0.1, 0.15) is 0 Å². The summed E-state index contributed by atoms with van der Waals surface area (Å²) < 4.78 is 5.79. The van der Waals surface area contributed by atoms with E-state index in [0.29, 0.717) is 18.1 Å². The molecule has 1 saturated heterocycles. The van der Waals surface area contributed by atoms with Gasteiger partial charge in [-0.05, 0) is 38.6 Å². The average Bonchev–Trinajstić information content (AvgIpc) is 3.10. The molecule has 2 N–H and O–H groups in total. The first-order chi connectivity index (χ1) is 12.1. The second-order valence-corrected chi connectivity index (χ2v) is 7.91. The number of morpholine rings is 1. The SMILES string of the molecule is CCNC(=NCC(C)c1cccs1)NCCCN1CC(C)OC(C)C1.I. The highest BCUT2D eigenvalue weighted by molar-refractivity contribution is 14.0. The maximum absolute atomic E-state index is 5.79. The fourth-order valence-electron chi connectivity index (χ4n) is 3.21. The highest BCUT2D eigenvalue weighted by Crippen LogP contribution is 2.20. The number of ether oxygens (including phenoxy) is 1. The summed E-state index contributed by atoms with van der Waals surface area (Å²) in [6.45, 7) is 14.5. The number of hydrogen-bond acceptors (Lipinski definition) is 4. The van der Waals surface area contributed by atoms with Gasteiger partial charge in [-0.1, -0.05) is 13.0 Å². The van der Waals surface area contributed by atoms with E-state index in [2.05, 4.69) is 60.7 Å². The van der Waals surface area contributed by atoms with Crippen LogP contribution >= 0.6 is 35.3 Å². The van der Waals surface area contributed by atoms with Crippen molar-refractivity contribution < 1.29 is 4.74 Å². The van der Waals surface area contributed by atoms with Gasteiger partial charge >= 0.3 is 0 Å². The molecule has 2 rings (SSSR count). The fourth-order valence-corrected chi connectivity index (χ4v) is 3.99. The van der Waals surface area contributed by atoms with Crippen LogP contribution in [0, 0.1) is 0 Å². The molecule has 0 radical (unpaired) electrons. The van der Waals surface area contributed by atoms with Gasteiger partial charge in [0.25, 0.3) is 0 Å². The van der Waals surface area contributed by atoms with Gasteiger partial charge in [-0.3, -0.25) is 9.89 Å². The zero-order valence-electron chi connectivity index (χ0n) is 16.5. The van der Waals surface area contributed by atoms with Gasteiger partial charge in [0.05, 0.1) is 18.8 Å². The third kappa shape index (κ3) is 8.54. The normalized spacial score (nSPS) is 22.5. The quantitative estimate of drug-likeness (QED) is 0.251. The van der Waals surface area contributed by atoms with Crippen LogP contribution < -0.4 is 10.6 Å². The topological polar surface area (TPSA) is 48.9 Å². The lowest BCUT2D eigenvalue weighted by Crippen LogP contribution is -2.46. The predicted octanol–water partition coefficient (Wildman–Crippen LogP) is 3.52. The monoisotopic (exact) mass is 494 g/mol. The van der Waals surface area contributed by atoms with Crippen LogP contribution in [0.2, 0.25) is 0 Å². The standard InChI is InChI=1S/C19H34N4OS.HI/c1-5-20-19(22-12-15(2)18-8-6-11-25-18)21-9-7-10-23-13-16(3)24-17(4)14-23;/h6,8,11,15-17H,5,7,9-10,12-14H2,1-4H3,(H2,20,21,22);1H. The molecule has 3 unspecified atom stereocenters. The molecule has 0 aromatic carbocycles. The lowest BCUT2D eigenvalue weighted by atomic mass is 10.1. The van der Waals surface area contributed by atoms with E-state index < -0.39 is 0 Å². The summed E-state index contributed by atoms with van der Waals surface area (Å²) >= 11 is 1.81. The minimum Gasteiger partial charge on any atom is -0.373 e. The van der Waals surface area contributed by atoms with Crippen LogP contribution in [0.4, 0.5) is 0 Å². The zero-order valence-corrected chi connectivity index (χ0v) is 19.7. The van der Waals surface area contributed by atoms with Crippen LogP contribution in [-0.2, 0) is 4.74 Å². The highest BCUT2D eigenvalue weighted by atomic mass is 127. The van der Waals surface area contributed by atoms with Crippen molar-refractivity contribution in [1.82, 2.24) is 15.5 Å². The number of aliphatic imine (C=N–C) groups is 1. The zero-order chi connectivity index (χ0) is 18.1. The molecule has 26 heavy (non-hydrogen) atoms. The number of guanidine groups is 1. The molecule has 7 heteroatoms. The second kappa shape index (κ2) is 12.9. The van der Waals surface area contributed by atoms with Gasteiger partial charge in [0, 0.05) is 43.5 Å². The molecule has 5 nitrogen and oxygen atoms in total. The summed E-state index contributed by atoms with van der Waals surface area (Å²) in [5.74, 6) is 1.39. The predicted molar refractivity (Wildman–Crippen MR) is 123 cm³/mol. The summed E-state index contributed by atoms with van der Waals surface area (Å²) in [6, 6.07) is 4.30. The number of nitrogens with zero attached hydrogens (tertiary/aromatic N) is 2. The third-order valence-corrected chi connectivity index (χ3v) is 5.44. The molecule has 0 saturated carbocycles. The Morgan fingerprint density at radius 2 is 2.08 bits per heavy atom. The van der Waals surface area contributed by atoms with Crippen molar-refractivity contribution in [3.63, 3.8) is 0 Å². The van der Waals surface area contributed by atoms with Crippen molar-refractivity contribution in [2.45, 2.75) is 52.2 Å². The van der Waals surface area contributed by atoms with E-state index in [-0.39, 0.29) is 24.0 Å². The summed E-state index contributed by atoms with van der Waals surface area (Å²) in [7, 11) is 0. The molecule has 3 atom stereocenters. The van der Waals surface area contributed by atoms with E-state index in [0.717, 1.165) is 51.6 Å². The van der Waals surface area contributed by atoms with E-state index >= 15 is 0 Å². The van der Waals surface area contributed by atoms with E-state index in [1.54, 1.807) is 0 Å². The van der Waals surface area contributed by atoms with Crippen LogP contribution in [0.3, 0.4) is 0 Å². The Bertz CT molecular complexity index is 502. The van der Waals surface area contributed by atoms with Crippen molar-refractivity contribution in [2.24, 2.45) is 4.99 Å². The van der Waals surface area contributed by atoms with Crippen molar-refractivity contribution in [3.8, 4) is 0 Å². The van der Waals surface area contributed by atoms with Crippen LogP contribution in [-0.4, -0.2) is 62.3 Å². The Hall–Kier alpha value is -0.380. The Balaban J connectivity index is 0.00000338. The van der Waals surface area contributed by atoms with Gasteiger partial charge in [-0.15, -0.1) is 35.3 Å². The molecule has 150 valence electrons. The molecule has 0 bridgehead atoms. The summed E-state index contributed by atoms with van der Waals surface area (Å²) in [4.78, 5) is 8.65. The molecule has 0 aliphatic carbocycles. The molecule has 2 heterocycles. The van der Waals surface area contributed by atoms with E-state index in [4.69, 9.17) is 9.73 Å². The number of thiophene rings is 1. The molecule has 0 amide bonds. The first-order valence-electron chi connectivity index (χ1n) is 9.51. The first-order valence-corrected chi connectivity index (χ1v) is 10.4. The minimum atomic E-state index is 0. The lowest BCUT2D eigenvalue weighted by molar-refractivity contribution is -0.0679. The van der Waals surface area contributed by atoms with Crippen molar-refractivity contribution in [1.29, 1.82) is 0 Å². The van der Waals surface area contributed by atoms with E-state index in [9.17, 15) is 0 Å². The van der Waals surface area contributed by atoms with E-state index in [1.807, 2.05) is 11.3 Å². The van der Waals surface area contributed by atoms with Crippen LogP contribution in [0.5, 0.6) is 0 Å². The lowest BCUT2D eigenvalue weighted by Gasteiger charge is -2.35. The first kappa shape index (κ1) is 23.7. The summed E-state index contributed by atoms with van der Waals surface area (Å²) in [5, 5.41) is 8.94. The van der Waals surface area contributed by atoms with Gasteiger partial charge in [-0.25, -0.2) is 0 Å². The van der Waals surface area contributed by atoms with Gasteiger partial charge in [0.15, 0.2) is 5.96 Å². The molecule has 1 fully saturated rings. The molecule has 1 aromatic heterocycles. The largest absolute Gasteiger partial charge is 0.373 e. The van der Waals surface area contributed by atoms with E-state index in [1.165, 1.54) is 4.88 Å². The molecular weight excluding hydrogens is 459 g/mol. The minimum absolute atomic E-state index is 0. The molecule has 0 spiro atoms. The Labute approximate surface area is 180 Å². The molecular formula is C19H35IN4OS. The number of halogens is 1. The van der Waals surface area contributed by atoms with Crippen molar-refractivity contribution >= 4 is 41.3 Å². The maximum atomic E-state index is 5.79.